The molecule has 1 amide bonds. The predicted molar refractivity (Wildman–Crippen MR) is 57.7 cm³/mol. The van der Waals surface area contributed by atoms with E-state index in [9.17, 15) is 4.79 Å². The molecule has 0 spiro atoms. The Morgan fingerprint density at radius 1 is 1.67 bits per heavy atom. The van der Waals surface area contributed by atoms with Crippen LogP contribution < -0.4 is 11.3 Å². The van der Waals surface area contributed by atoms with Crippen molar-refractivity contribution in [2.45, 2.75) is 33.7 Å². The Morgan fingerprint density at radius 2 is 2.33 bits per heavy atom. The van der Waals surface area contributed by atoms with Crippen molar-refractivity contribution < 1.29 is 4.79 Å². The van der Waals surface area contributed by atoms with Crippen molar-refractivity contribution in [3.63, 3.8) is 0 Å². The average molecular weight is 210 g/mol. The summed E-state index contributed by atoms with van der Waals surface area (Å²) in [6.07, 6.45) is 4.48. The van der Waals surface area contributed by atoms with Gasteiger partial charge >= 0.3 is 0 Å². The number of aromatic nitrogens is 2. The molecule has 1 heterocycles. The van der Waals surface area contributed by atoms with Gasteiger partial charge in [-0.25, -0.2) is 10.8 Å². The molecule has 1 aromatic heterocycles. The normalized spacial score (nSPS) is 11.5. The molecule has 0 saturated heterocycles. The molecule has 0 aliphatic rings. The zero-order valence-corrected chi connectivity index (χ0v) is 9.45. The van der Waals surface area contributed by atoms with Crippen molar-refractivity contribution in [3.05, 3.63) is 18.2 Å². The highest BCUT2D eigenvalue weighted by molar-refractivity contribution is 5.81. The van der Waals surface area contributed by atoms with Gasteiger partial charge in [-0.05, 0) is 13.8 Å². The second-order valence-corrected chi connectivity index (χ2v) is 4.18. The quantitative estimate of drug-likeness (QED) is 0.431. The van der Waals surface area contributed by atoms with E-state index < -0.39 is 5.41 Å². The van der Waals surface area contributed by atoms with E-state index in [1.807, 2.05) is 31.5 Å². The third-order valence-corrected chi connectivity index (χ3v) is 2.43. The molecule has 3 N–H and O–H groups in total. The minimum atomic E-state index is -0.528. The molecule has 1 aromatic rings. The van der Waals surface area contributed by atoms with E-state index in [0.717, 1.165) is 12.2 Å². The summed E-state index contributed by atoms with van der Waals surface area (Å²) in [5, 5.41) is 0. The number of hydrogen-bond acceptors (Lipinski definition) is 3. The van der Waals surface area contributed by atoms with Gasteiger partial charge in [-0.1, -0.05) is 6.92 Å². The Kier molecular flexibility index (Phi) is 3.47. The van der Waals surface area contributed by atoms with Gasteiger partial charge < -0.3 is 4.57 Å². The van der Waals surface area contributed by atoms with Crippen molar-refractivity contribution >= 4 is 5.91 Å². The fourth-order valence-corrected chi connectivity index (χ4v) is 1.49. The lowest BCUT2D eigenvalue weighted by Crippen LogP contribution is -2.43. The van der Waals surface area contributed by atoms with Crippen molar-refractivity contribution in [3.8, 4) is 0 Å². The summed E-state index contributed by atoms with van der Waals surface area (Å²) in [4.78, 5) is 15.7. The summed E-state index contributed by atoms with van der Waals surface area (Å²) in [5.41, 5.74) is 1.65. The van der Waals surface area contributed by atoms with Crippen LogP contribution >= 0.6 is 0 Å². The molecule has 0 radical (unpaired) electrons. The molecular formula is C10H18N4O. The molecule has 0 fully saturated rings. The minimum Gasteiger partial charge on any atom is -0.334 e. The summed E-state index contributed by atoms with van der Waals surface area (Å²) in [5.74, 6) is 5.94. The van der Waals surface area contributed by atoms with E-state index in [2.05, 4.69) is 10.4 Å². The van der Waals surface area contributed by atoms with Crippen LogP contribution in [0.5, 0.6) is 0 Å². The summed E-state index contributed by atoms with van der Waals surface area (Å²) < 4.78 is 1.98. The molecular weight excluding hydrogens is 192 g/mol. The lowest BCUT2D eigenvalue weighted by molar-refractivity contribution is -0.130. The Morgan fingerprint density at radius 3 is 2.87 bits per heavy atom. The topological polar surface area (TPSA) is 72.9 Å². The molecule has 0 aliphatic carbocycles. The minimum absolute atomic E-state index is 0.168. The molecule has 15 heavy (non-hydrogen) atoms. The van der Waals surface area contributed by atoms with E-state index in [4.69, 9.17) is 5.84 Å². The van der Waals surface area contributed by atoms with Crippen LogP contribution in [0.2, 0.25) is 0 Å². The highest BCUT2D eigenvalue weighted by Crippen LogP contribution is 2.18. The average Bonchev–Trinajstić information content (AvgIpc) is 2.63. The van der Waals surface area contributed by atoms with Crippen LogP contribution in [0.15, 0.2) is 12.4 Å². The van der Waals surface area contributed by atoms with E-state index in [1.54, 1.807) is 6.20 Å². The number of nitrogens with zero attached hydrogens (tertiary/aromatic N) is 2. The maximum Gasteiger partial charge on any atom is 0.241 e. The van der Waals surface area contributed by atoms with Crippen molar-refractivity contribution in [2.75, 3.05) is 0 Å². The lowest BCUT2D eigenvalue weighted by Gasteiger charge is -2.23. The number of aryl methyl sites for hydroxylation is 1. The lowest BCUT2D eigenvalue weighted by atomic mass is 9.92. The highest BCUT2D eigenvalue weighted by Gasteiger charge is 2.27. The van der Waals surface area contributed by atoms with Gasteiger partial charge in [0, 0.05) is 25.4 Å². The largest absolute Gasteiger partial charge is 0.334 e. The number of amides is 1. The number of imidazole rings is 1. The van der Waals surface area contributed by atoms with Gasteiger partial charge in [0.2, 0.25) is 5.91 Å². The summed E-state index contributed by atoms with van der Waals surface area (Å²) in [7, 11) is 0. The third-order valence-electron chi connectivity index (χ3n) is 2.43. The number of carbonyl (C=O) groups excluding carboxylic acids is 1. The molecule has 0 saturated carbocycles. The number of nitrogens with one attached hydrogen (secondary N) is 1. The molecule has 0 bridgehead atoms. The second kappa shape index (κ2) is 4.44. The van der Waals surface area contributed by atoms with Gasteiger partial charge in [-0.2, -0.15) is 0 Å². The van der Waals surface area contributed by atoms with E-state index in [-0.39, 0.29) is 5.91 Å². The Bertz CT molecular complexity index is 343. The van der Waals surface area contributed by atoms with E-state index in [0.29, 0.717) is 6.54 Å². The van der Waals surface area contributed by atoms with E-state index >= 15 is 0 Å². The van der Waals surface area contributed by atoms with Crippen LogP contribution in [0.25, 0.3) is 0 Å². The maximum absolute atomic E-state index is 11.5. The first-order valence-electron chi connectivity index (χ1n) is 5.02. The van der Waals surface area contributed by atoms with Crippen LogP contribution in [0.3, 0.4) is 0 Å². The van der Waals surface area contributed by atoms with Crippen LogP contribution in [0, 0.1) is 5.41 Å². The first-order chi connectivity index (χ1) is 7.01. The molecule has 84 valence electrons. The zero-order chi connectivity index (χ0) is 11.5. The molecule has 0 unspecified atom stereocenters. The van der Waals surface area contributed by atoms with Crippen LogP contribution in [0.1, 0.15) is 26.6 Å². The Hall–Kier alpha value is -1.36. The van der Waals surface area contributed by atoms with E-state index in [1.165, 1.54) is 0 Å². The van der Waals surface area contributed by atoms with Gasteiger partial charge in [0.05, 0.1) is 5.41 Å². The standard InChI is InChI=1S/C10H18N4O/c1-4-8-12-5-6-14(8)7-10(2,3)9(15)13-11/h5-6H,4,7,11H2,1-3H3,(H,13,15). The fraction of sp³-hybridized carbons (Fsp3) is 0.600. The van der Waals surface area contributed by atoms with Gasteiger partial charge in [0.15, 0.2) is 0 Å². The second-order valence-electron chi connectivity index (χ2n) is 4.18. The van der Waals surface area contributed by atoms with Crippen molar-refractivity contribution in [2.24, 2.45) is 11.3 Å². The number of rotatable bonds is 4. The first-order valence-corrected chi connectivity index (χ1v) is 5.02. The zero-order valence-electron chi connectivity index (χ0n) is 9.45. The van der Waals surface area contributed by atoms with Gasteiger partial charge in [-0.3, -0.25) is 10.2 Å². The smallest absolute Gasteiger partial charge is 0.241 e. The van der Waals surface area contributed by atoms with Gasteiger partial charge in [0.1, 0.15) is 5.82 Å². The van der Waals surface area contributed by atoms with Crippen LogP contribution in [-0.4, -0.2) is 15.5 Å². The van der Waals surface area contributed by atoms with Crippen LogP contribution in [-0.2, 0) is 17.8 Å². The Labute approximate surface area is 89.6 Å². The third kappa shape index (κ3) is 2.56. The molecule has 0 aromatic carbocycles. The fourth-order valence-electron chi connectivity index (χ4n) is 1.49. The predicted octanol–water partition coefficient (Wildman–Crippen LogP) is 0.462. The van der Waals surface area contributed by atoms with Crippen LogP contribution in [0.4, 0.5) is 0 Å². The monoisotopic (exact) mass is 210 g/mol. The first kappa shape index (κ1) is 11.7. The number of hydrogen-bond donors (Lipinski definition) is 2. The Balaban J connectivity index is 2.81. The molecule has 5 nitrogen and oxygen atoms in total. The summed E-state index contributed by atoms with van der Waals surface area (Å²) in [6, 6.07) is 0. The van der Waals surface area contributed by atoms with Crippen molar-refractivity contribution in [1.82, 2.24) is 15.0 Å². The number of carbonyl (C=O) groups is 1. The number of hydrazine groups is 1. The maximum atomic E-state index is 11.5. The SMILES string of the molecule is CCc1nccn1CC(C)(C)C(=O)NN. The highest BCUT2D eigenvalue weighted by atomic mass is 16.2. The molecule has 0 aliphatic heterocycles. The summed E-state index contributed by atoms with van der Waals surface area (Å²) in [6.45, 7) is 6.33. The summed E-state index contributed by atoms with van der Waals surface area (Å²) >= 11 is 0. The van der Waals surface area contributed by atoms with Gasteiger partial charge in [0.25, 0.3) is 0 Å². The molecule has 5 heteroatoms. The number of nitrogens with two attached hydrogens (primary N) is 1. The van der Waals surface area contributed by atoms with Gasteiger partial charge in [-0.15, -0.1) is 0 Å². The van der Waals surface area contributed by atoms with Crippen molar-refractivity contribution in [1.29, 1.82) is 0 Å². The molecule has 1 rings (SSSR count). The molecule has 0 atom stereocenters.